The minimum absolute atomic E-state index is 0.551. The van der Waals surface area contributed by atoms with Gasteiger partial charge in [0, 0.05) is 5.92 Å². The smallest absolute Gasteiger partial charge is 0.0130 e. The second kappa shape index (κ2) is 3.96. The van der Waals surface area contributed by atoms with Crippen molar-refractivity contribution in [1.82, 2.24) is 0 Å². The normalized spacial score (nSPS) is 20.1. The lowest BCUT2D eigenvalue weighted by molar-refractivity contribution is 0.812. The van der Waals surface area contributed by atoms with Gasteiger partial charge in [-0.3, -0.25) is 0 Å². The third-order valence-electron chi connectivity index (χ3n) is 4.37. The fraction of sp³-hybridized carbons (Fsp3) is 0.158. The standard InChI is InChI=1S/C19H16/c1-13-5-4-8-17-15(13)11-12-18-16-7-3-2-6-14(16)9-10-19(17)18/h2-6,8-12,16H,7H2,1H3. The lowest BCUT2D eigenvalue weighted by atomic mass is 9.78. The van der Waals surface area contributed by atoms with Crippen molar-refractivity contribution in [2.75, 3.05) is 0 Å². The topological polar surface area (TPSA) is 0 Å². The van der Waals surface area contributed by atoms with Gasteiger partial charge in [-0.2, -0.15) is 0 Å². The van der Waals surface area contributed by atoms with Gasteiger partial charge in [-0.25, -0.2) is 0 Å². The molecule has 2 aliphatic carbocycles. The van der Waals surface area contributed by atoms with Gasteiger partial charge in [0.15, 0.2) is 0 Å². The largest absolute Gasteiger partial charge is 0.0836 e. The Morgan fingerprint density at radius 3 is 2.89 bits per heavy atom. The van der Waals surface area contributed by atoms with Crippen LogP contribution >= 0.6 is 0 Å². The number of fused-ring (bicyclic) bond motifs is 5. The SMILES string of the molecule is Cc1cccc2c3c(ccc12)C1CC=CC=C1C=C3. The second-order valence-electron chi connectivity index (χ2n) is 5.45. The van der Waals surface area contributed by atoms with Gasteiger partial charge < -0.3 is 0 Å². The maximum absolute atomic E-state index is 2.33. The Bertz CT molecular complexity index is 757. The third kappa shape index (κ3) is 1.53. The number of hydrogen-bond donors (Lipinski definition) is 0. The Hall–Kier alpha value is -2.08. The number of benzene rings is 2. The van der Waals surface area contributed by atoms with Crippen LogP contribution in [0.5, 0.6) is 0 Å². The fourth-order valence-electron chi connectivity index (χ4n) is 3.35. The van der Waals surface area contributed by atoms with Gasteiger partial charge in [0.25, 0.3) is 0 Å². The van der Waals surface area contributed by atoms with E-state index in [-0.39, 0.29) is 0 Å². The van der Waals surface area contributed by atoms with E-state index < -0.39 is 0 Å². The van der Waals surface area contributed by atoms with Crippen molar-refractivity contribution in [3.63, 3.8) is 0 Å². The summed E-state index contributed by atoms with van der Waals surface area (Å²) in [5, 5.41) is 2.77. The van der Waals surface area contributed by atoms with Crippen molar-refractivity contribution in [3.05, 3.63) is 76.9 Å². The van der Waals surface area contributed by atoms with Gasteiger partial charge in [-0.05, 0) is 46.4 Å². The lowest BCUT2D eigenvalue weighted by Gasteiger charge is -2.26. The molecule has 0 N–H and O–H groups in total. The predicted molar refractivity (Wildman–Crippen MR) is 82.3 cm³/mol. The average Bonchev–Trinajstić information content (AvgIpc) is 2.47. The molecule has 0 heterocycles. The van der Waals surface area contributed by atoms with Gasteiger partial charge in [0.05, 0.1) is 0 Å². The van der Waals surface area contributed by atoms with Gasteiger partial charge in [0.2, 0.25) is 0 Å². The molecule has 0 radical (unpaired) electrons. The van der Waals surface area contributed by atoms with Crippen LogP contribution in [0.2, 0.25) is 0 Å². The first-order chi connectivity index (χ1) is 9.34. The lowest BCUT2D eigenvalue weighted by Crippen LogP contribution is -2.08. The van der Waals surface area contributed by atoms with Crippen molar-refractivity contribution >= 4 is 16.8 Å². The summed E-state index contributed by atoms with van der Waals surface area (Å²) < 4.78 is 0. The minimum Gasteiger partial charge on any atom is -0.0836 e. The zero-order chi connectivity index (χ0) is 12.8. The second-order valence-corrected chi connectivity index (χ2v) is 5.45. The molecule has 0 heteroatoms. The molecule has 4 rings (SSSR count). The Kier molecular flexibility index (Phi) is 2.25. The first-order valence-corrected chi connectivity index (χ1v) is 6.91. The summed E-state index contributed by atoms with van der Waals surface area (Å²) in [6.07, 6.45) is 12.4. The van der Waals surface area contributed by atoms with Crippen molar-refractivity contribution in [2.24, 2.45) is 0 Å². The summed E-state index contributed by atoms with van der Waals surface area (Å²) >= 11 is 0. The maximum Gasteiger partial charge on any atom is 0.0130 e. The van der Waals surface area contributed by atoms with Crippen LogP contribution in [-0.4, -0.2) is 0 Å². The van der Waals surface area contributed by atoms with E-state index in [1.54, 1.807) is 0 Å². The van der Waals surface area contributed by atoms with Crippen LogP contribution in [0.1, 0.15) is 29.0 Å². The van der Waals surface area contributed by atoms with Gasteiger partial charge >= 0.3 is 0 Å². The molecule has 92 valence electrons. The summed E-state index contributed by atoms with van der Waals surface area (Å²) in [6.45, 7) is 2.19. The van der Waals surface area contributed by atoms with E-state index in [2.05, 4.69) is 67.6 Å². The van der Waals surface area contributed by atoms with E-state index in [0.717, 1.165) is 6.42 Å². The molecule has 0 saturated heterocycles. The van der Waals surface area contributed by atoms with Crippen molar-refractivity contribution in [2.45, 2.75) is 19.3 Å². The number of rotatable bonds is 0. The van der Waals surface area contributed by atoms with Crippen LogP contribution in [0.3, 0.4) is 0 Å². The van der Waals surface area contributed by atoms with E-state index in [4.69, 9.17) is 0 Å². The van der Waals surface area contributed by atoms with Crippen LogP contribution in [0.15, 0.2) is 60.2 Å². The zero-order valence-corrected chi connectivity index (χ0v) is 11.1. The maximum atomic E-state index is 2.33. The average molecular weight is 244 g/mol. The molecule has 19 heavy (non-hydrogen) atoms. The van der Waals surface area contributed by atoms with Crippen molar-refractivity contribution in [1.29, 1.82) is 0 Å². The van der Waals surface area contributed by atoms with E-state index in [0.29, 0.717) is 5.92 Å². The summed E-state index contributed by atoms with van der Waals surface area (Å²) in [6, 6.07) is 11.2. The molecule has 1 atom stereocenters. The van der Waals surface area contributed by atoms with E-state index in [1.165, 1.54) is 33.0 Å². The number of allylic oxidation sites excluding steroid dienone is 5. The van der Waals surface area contributed by atoms with Crippen LogP contribution in [0.25, 0.3) is 16.8 Å². The van der Waals surface area contributed by atoms with Crippen LogP contribution < -0.4 is 0 Å². The van der Waals surface area contributed by atoms with Crippen molar-refractivity contribution < 1.29 is 0 Å². The molecule has 2 aromatic carbocycles. The van der Waals surface area contributed by atoms with Crippen LogP contribution in [-0.2, 0) is 0 Å². The molecular formula is C19H16. The molecule has 0 spiro atoms. The summed E-state index contributed by atoms with van der Waals surface area (Å²) in [5.74, 6) is 0.551. The molecule has 0 aliphatic heterocycles. The first-order valence-electron chi connectivity index (χ1n) is 6.91. The highest BCUT2D eigenvalue weighted by Gasteiger charge is 2.22. The molecule has 0 saturated carbocycles. The fourth-order valence-corrected chi connectivity index (χ4v) is 3.35. The van der Waals surface area contributed by atoms with Crippen molar-refractivity contribution in [3.8, 4) is 0 Å². The molecule has 1 unspecified atom stereocenters. The molecule has 2 aliphatic rings. The molecular weight excluding hydrogens is 228 g/mol. The highest BCUT2D eigenvalue weighted by atomic mass is 14.3. The van der Waals surface area contributed by atoms with Gasteiger partial charge in [-0.15, -0.1) is 0 Å². The highest BCUT2D eigenvalue weighted by molar-refractivity contribution is 5.95. The van der Waals surface area contributed by atoms with Crippen LogP contribution in [0.4, 0.5) is 0 Å². The molecule has 0 amide bonds. The number of hydrogen-bond acceptors (Lipinski definition) is 0. The van der Waals surface area contributed by atoms with Gasteiger partial charge in [-0.1, -0.05) is 60.7 Å². The molecule has 2 aromatic rings. The monoisotopic (exact) mass is 244 g/mol. The summed E-state index contributed by atoms with van der Waals surface area (Å²) in [4.78, 5) is 0. The molecule has 0 fully saturated rings. The quantitative estimate of drug-likeness (QED) is 0.601. The van der Waals surface area contributed by atoms with Crippen LogP contribution in [0, 0.1) is 6.92 Å². The van der Waals surface area contributed by atoms with E-state index in [1.807, 2.05) is 0 Å². The Morgan fingerprint density at radius 1 is 1.00 bits per heavy atom. The summed E-state index contributed by atoms with van der Waals surface area (Å²) in [7, 11) is 0. The Balaban J connectivity index is 2.03. The zero-order valence-electron chi connectivity index (χ0n) is 11.1. The first kappa shape index (κ1) is 10.8. The Labute approximate surface area is 113 Å². The molecule has 0 aromatic heterocycles. The van der Waals surface area contributed by atoms with Gasteiger partial charge in [0.1, 0.15) is 0 Å². The molecule has 0 nitrogen and oxygen atoms in total. The predicted octanol–water partition coefficient (Wildman–Crippen LogP) is 5.14. The number of aryl methyl sites for hydroxylation is 1. The summed E-state index contributed by atoms with van der Waals surface area (Å²) in [5.41, 5.74) is 5.70. The minimum atomic E-state index is 0.551. The van der Waals surface area contributed by atoms with E-state index >= 15 is 0 Å². The van der Waals surface area contributed by atoms with E-state index in [9.17, 15) is 0 Å². The third-order valence-corrected chi connectivity index (χ3v) is 4.37. The Morgan fingerprint density at radius 2 is 1.95 bits per heavy atom. The highest BCUT2D eigenvalue weighted by Crippen LogP contribution is 2.41. The molecule has 0 bridgehead atoms.